The minimum absolute atomic E-state index is 0.0573. The first kappa shape index (κ1) is 23.8. The van der Waals surface area contributed by atoms with Gasteiger partial charge < -0.3 is 15.0 Å². The lowest BCUT2D eigenvalue weighted by atomic mass is 10.1. The van der Waals surface area contributed by atoms with Crippen LogP contribution in [-0.2, 0) is 14.8 Å². The summed E-state index contributed by atoms with van der Waals surface area (Å²) in [5, 5.41) is 3.77. The topological polar surface area (TPSA) is 79.0 Å². The van der Waals surface area contributed by atoms with Crippen LogP contribution in [0.4, 0.5) is 5.69 Å². The molecule has 10 heteroatoms. The molecule has 168 valence electrons. The number of hydrogen-bond donors (Lipinski definition) is 1. The molecule has 3 rings (SSSR count). The molecule has 1 heterocycles. The van der Waals surface area contributed by atoms with Crippen molar-refractivity contribution in [2.45, 2.75) is 17.9 Å². The summed E-state index contributed by atoms with van der Waals surface area (Å²) in [5.41, 5.74) is 1.74. The number of anilines is 1. The van der Waals surface area contributed by atoms with Gasteiger partial charge in [0.05, 0.1) is 39.8 Å². The van der Waals surface area contributed by atoms with Crippen molar-refractivity contribution in [3.8, 4) is 0 Å². The van der Waals surface area contributed by atoms with E-state index in [0.717, 1.165) is 9.87 Å². The minimum atomic E-state index is -3.69. The van der Waals surface area contributed by atoms with Crippen LogP contribution in [0.25, 0.3) is 0 Å². The van der Waals surface area contributed by atoms with Gasteiger partial charge in [0.25, 0.3) is 5.91 Å². The molecule has 0 spiro atoms. The first-order chi connectivity index (χ1) is 14.6. The molecule has 1 N–H and O–H groups in total. The number of nitrogens with one attached hydrogen (secondary N) is 1. The number of hydrogen-bond acceptors (Lipinski definition) is 5. The Balaban J connectivity index is 1.96. The summed E-state index contributed by atoms with van der Waals surface area (Å²) in [6.07, 6.45) is 0. The molecule has 1 fully saturated rings. The first-order valence-electron chi connectivity index (χ1n) is 9.76. The molecule has 1 atom stereocenters. The number of halogens is 2. The number of ether oxygens (including phenoxy) is 1. The standard InChI is InChI=1S/C21H25Cl2N3O4S/c1-14(15-4-6-18(22)19(23)12-15)24-21(27)17-13-16(31(28,29)25(2)3)5-7-20(17)26-8-10-30-11-9-26/h4-7,12-14H,8-11H2,1-3H3,(H,24,27). The lowest BCUT2D eigenvalue weighted by Gasteiger charge is -2.31. The van der Waals surface area contributed by atoms with Gasteiger partial charge in [-0.1, -0.05) is 29.3 Å². The van der Waals surface area contributed by atoms with Crippen molar-refractivity contribution in [3.63, 3.8) is 0 Å². The van der Waals surface area contributed by atoms with Crippen molar-refractivity contribution in [1.82, 2.24) is 9.62 Å². The molecular formula is C21H25Cl2N3O4S. The van der Waals surface area contributed by atoms with Crippen LogP contribution in [0.1, 0.15) is 28.9 Å². The zero-order chi connectivity index (χ0) is 22.8. The average molecular weight is 486 g/mol. The third kappa shape index (κ3) is 5.32. The molecule has 2 aromatic rings. The molecule has 1 amide bonds. The van der Waals surface area contributed by atoms with Crippen molar-refractivity contribution >= 4 is 44.8 Å². The van der Waals surface area contributed by atoms with E-state index in [2.05, 4.69) is 5.32 Å². The number of nitrogens with zero attached hydrogens (tertiary/aromatic N) is 2. The van der Waals surface area contributed by atoms with Crippen LogP contribution in [0.15, 0.2) is 41.3 Å². The van der Waals surface area contributed by atoms with Gasteiger partial charge in [0.1, 0.15) is 0 Å². The SMILES string of the molecule is CC(NC(=O)c1cc(S(=O)(=O)N(C)C)ccc1N1CCOCC1)c1ccc(Cl)c(Cl)c1. The highest BCUT2D eigenvalue weighted by Crippen LogP contribution is 2.28. The van der Waals surface area contributed by atoms with Crippen LogP contribution < -0.4 is 10.2 Å². The Morgan fingerprint density at radius 2 is 1.77 bits per heavy atom. The van der Waals surface area contributed by atoms with Crippen LogP contribution in [0, 0.1) is 0 Å². The van der Waals surface area contributed by atoms with E-state index in [-0.39, 0.29) is 22.4 Å². The molecule has 2 aromatic carbocycles. The number of carbonyl (C=O) groups is 1. The molecule has 0 aromatic heterocycles. The van der Waals surface area contributed by atoms with E-state index in [0.29, 0.717) is 42.0 Å². The predicted octanol–water partition coefficient (Wildman–Crippen LogP) is 3.57. The van der Waals surface area contributed by atoms with Crippen molar-refractivity contribution in [3.05, 3.63) is 57.6 Å². The summed E-state index contributed by atoms with van der Waals surface area (Å²) in [5.74, 6) is -0.379. The minimum Gasteiger partial charge on any atom is -0.378 e. The summed E-state index contributed by atoms with van der Waals surface area (Å²) >= 11 is 12.1. The van der Waals surface area contributed by atoms with Gasteiger partial charge in [0, 0.05) is 32.9 Å². The molecule has 0 saturated carbocycles. The Bertz CT molecular complexity index is 1070. The molecule has 1 aliphatic rings. The first-order valence-corrected chi connectivity index (χ1v) is 12.0. The fourth-order valence-corrected chi connectivity index (χ4v) is 4.52. The van der Waals surface area contributed by atoms with Gasteiger partial charge in [-0.3, -0.25) is 4.79 Å². The van der Waals surface area contributed by atoms with Gasteiger partial charge in [-0.25, -0.2) is 12.7 Å². The monoisotopic (exact) mass is 485 g/mol. The second-order valence-corrected chi connectivity index (χ2v) is 10.4. The van der Waals surface area contributed by atoms with Crippen LogP contribution in [-0.4, -0.2) is 59.0 Å². The Labute approximate surface area is 192 Å². The second kappa shape index (κ2) is 9.75. The van der Waals surface area contributed by atoms with Crippen molar-refractivity contribution < 1.29 is 17.9 Å². The highest BCUT2D eigenvalue weighted by molar-refractivity contribution is 7.89. The highest BCUT2D eigenvalue weighted by Gasteiger charge is 2.25. The van der Waals surface area contributed by atoms with E-state index < -0.39 is 10.0 Å². The van der Waals surface area contributed by atoms with E-state index >= 15 is 0 Å². The lowest BCUT2D eigenvalue weighted by molar-refractivity contribution is 0.0938. The van der Waals surface area contributed by atoms with Gasteiger partial charge in [-0.05, 0) is 42.8 Å². The quantitative estimate of drug-likeness (QED) is 0.676. The average Bonchev–Trinajstić information content (AvgIpc) is 2.75. The number of morpholine rings is 1. The largest absolute Gasteiger partial charge is 0.378 e. The second-order valence-electron chi connectivity index (χ2n) is 7.43. The van der Waals surface area contributed by atoms with Gasteiger partial charge in [0.15, 0.2) is 0 Å². The summed E-state index contributed by atoms with van der Waals surface area (Å²) < 4.78 is 31.8. The number of amides is 1. The molecule has 0 aliphatic carbocycles. The third-order valence-corrected chi connectivity index (χ3v) is 7.68. The molecule has 7 nitrogen and oxygen atoms in total. The summed E-state index contributed by atoms with van der Waals surface area (Å²) in [6.45, 7) is 4.13. The van der Waals surface area contributed by atoms with E-state index in [1.165, 1.54) is 26.2 Å². The van der Waals surface area contributed by atoms with Crippen molar-refractivity contribution in [2.24, 2.45) is 0 Å². The molecule has 31 heavy (non-hydrogen) atoms. The zero-order valence-electron chi connectivity index (χ0n) is 17.6. The van der Waals surface area contributed by atoms with E-state index in [1.54, 1.807) is 24.3 Å². The molecular weight excluding hydrogens is 461 g/mol. The van der Waals surface area contributed by atoms with Crippen LogP contribution in [0.2, 0.25) is 10.0 Å². The fraction of sp³-hybridized carbons (Fsp3) is 0.381. The maximum Gasteiger partial charge on any atom is 0.253 e. The Kier molecular flexibility index (Phi) is 7.49. The normalized spacial score (nSPS) is 15.7. The molecule has 1 unspecified atom stereocenters. The lowest BCUT2D eigenvalue weighted by Crippen LogP contribution is -2.38. The number of benzene rings is 2. The number of sulfonamides is 1. The van der Waals surface area contributed by atoms with Crippen LogP contribution in [0.5, 0.6) is 0 Å². The Morgan fingerprint density at radius 3 is 2.39 bits per heavy atom. The van der Waals surface area contributed by atoms with Gasteiger partial charge in [0.2, 0.25) is 10.0 Å². The Morgan fingerprint density at radius 1 is 1.10 bits per heavy atom. The molecule has 1 saturated heterocycles. The number of rotatable bonds is 6. The fourth-order valence-electron chi connectivity index (χ4n) is 3.29. The van der Waals surface area contributed by atoms with Gasteiger partial charge in [-0.2, -0.15) is 0 Å². The van der Waals surface area contributed by atoms with E-state index in [1.807, 2.05) is 11.8 Å². The summed E-state index contributed by atoms with van der Waals surface area (Å²) in [6, 6.07) is 9.43. The maximum atomic E-state index is 13.3. The highest BCUT2D eigenvalue weighted by atomic mass is 35.5. The Hall–Kier alpha value is -1.84. The van der Waals surface area contributed by atoms with Gasteiger partial charge in [-0.15, -0.1) is 0 Å². The van der Waals surface area contributed by atoms with Crippen LogP contribution in [0.3, 0.4) is 0 Å². The predicted molar refractivity (Wildman–Crippen MR) is 123 cm³/mol. The zero-order valence-corrected chi connectivity index (χ0v) is 19.9. The summed E-state index contributed by atoms with van der Waals surface area (Å²) in [4.78, 5) is 15.3. The van der Waals surface area contributed by atoms with Gasteiger partial charge >= 0.3 is 0 Å². The molecule has 1 aliphatic heterocycles. The van der Waals surface area contributed by atoms with Crippen LogP contribution >= 0.6 is 23.2 Å². The van der Waals surface area contributed by atoms with E-state index in [4.69, 9.17) is 27.9 Å². The molecule has 0 bridgehead atoms. The third-order valence-electron chi connectivity index (χ3n) is 5.13. The number of carbonyl (C=O) groups excluding carboxylic acids is 1. The van der Waals surface area contributed by atoms with Crippen molar-refractivity contribution in [2.75, 3.05) is 45.3 Å². The maximum absolute atomic E-state index is 13.3. The van der Waals surface area contributed by atoms with Crippen molar-refractivity contribution in [1.29, 1.82) is 0 Å². The van der Waals surface area contributed by atoms with E-state index in [9.17, 15) is 13.2 Å². The smallest absolute Gasteiger partial charge is 0.253 e. The summed E-state index contributed by atoms with van der Waals surface area (Å²) in [7, 11) is -0.782. The molecule has 0 radical (unpaired) electrons.